The fourth-order valence-corrected chi connectivity index (χ4v) is 2.23. The molecule has 22 heavy (non-hydrogen) atoms. The van der Waals surface area contributed by atoms with E-state index in [2.05, 4.69) is 16.4 Å². The summed E-state index contributed by atoms with van der Waals surface area (Å²) in [4.78, 5) is 0. The smallest absolute Gasteiger partial charge is 0.191 e. The molecular formula is C17H14N4O. The fraction of sp³-hybridized carbons (Fsp3) is 0.118. The highest BCUT2D eigenvalue weighted by atomic mass is 16.5. The molecular weight excluding hydrogens is 276 g/mol. The lowest BCUT2D eigenvalue weighted by atomic mass is 10.1. The third-order valence-corrected chi connectivity index (χ3v) is 3.42. The maximum Gasteiger partial charge on any atom is 0.191 e. The second-order valence-corrected chi connectivity index (χ2v) is 4.87. The normalized spacial score (nSPS) is 10.2. The Hall–Kier alpha value is -3.13. The van der Waals surface area contributed by atoms with E-state index in [-0.39, 0.29) is 0 Å². The lowest BCUT2D eigenvalue weighted by molar-refractivity contribution is 0.414. The van der Waals surface area contributed by atoms with Crippen LogP contribution in [-0.4, -0.2) is 22.1 Å². The molecule has 0 spiro atoms. The summed E-state index contributed by atoms with van der Waals surface area (Å²) in [5.74, 6) is 0.765. The van der Waals surface area contributed by atoms with Gasteiger partial charge in [-0.25, -0.2) is 4.68 Å². The number of rotatable bonds is 3. The number of nitriles is 1. The van der Waals surface area contributed by atoms with Gasteiger partial charge >= 0.3 is 0 Å². The van der Waals surface area contributed by atoms with Gasteiger partial charge in [-0.3, -0.25) is 0 Å². The molecule has 0 radical (unpaired) electrons. The molecule has 1 aromatic heterocycles. The molecule has 0 saturated heterocycles. The third-order valence-electron chi connectivity index (χ3n) is 3.42. The summed E-state index contributed by atoms with van der Waals surface area (Å²) in [6, 6.07) is 17.5. The van der Waals surface area contributed by atoms with Crippen molar-refractivity contribution < 1.29 is 4.74 Å². The number of hydrogen-bond donors (Lipinski definition) is 0. The van der Waals surface area contributed by atoms with E-state index in [1.807, 2.05) is 55.5 Å². The molecule has 108 valence electrons. The molecule has 5 heteroatoms. The van der Waals surface area contributed by atoms with Crippen LogP contribution in [-0.2, 0) is 0 Å². The Kier molecular flexibility index (Phi) is 3.58. The highest BCUT2D eigenvalue weighted by Gasteiger charge is 2.16. The summed E-state index contributed by atoms with van der Waals surface area (Å²) in [6.07, 6.45) is 0. The van der Waals surface area contributed by atoms with Gasteiger partial charge in [-0.15, -0.1) is 5.10 Å². The summed E-state index contributed by atoms with van der Waals surface area (Å²) in [5, 5.41) is 17.4. The number of aryl methyl sites for hydroxylation is 1. The minimum atomic E-state index is 0.305. The van der Waals surface area contributed by atoms with E-state index in [4.69, 9.17) is 4.74 Å². The number of nitrogens with zero attached hydrogens (tertiary/aromatic N) is 4. The number of benzene rings is 2. The topological polar surface area (TPSA) is 63.7 Å². The molecule has 0 aliphatic rings. The van der Waals surface area contributed by atoms with Crippen LogP contribution in [0.15, 0.2) is 48.5 Å². The second kappa shape index (κ2) is 5.70. The van der Waals surface area contributed by atoms with Crippen molar-refractivity contribution in [2.24, 2.45) is 0 Å². The van der Waals surface area contributed by atoms with Gasteiger partial charge in [0.25, 0.3) is 0 Å². The standard InChI is InChI=1S/C17H14N4O/c1-12-3-5-13(6-4-12)17-16(11-18)19-20-21(17)14-7-9-15(22-2)10-8-14/h3-10H,1-2H3. The molecule has 0 N–H and O–H groups in total. The van der Waals surface area contributed by atoms with E-state index in [1.54, 1.807) is 11.8 Å². The van der Waals surface area contributed by atoms with Crippen molar-refractivity contribution in [2.45, 2.75) is 6.92 Å². The predicted molar refractivity (Wildman–Crippen MR) is 82.8 cm³/mol. The fourth-order valence-electron chi connectivity index (χ4n) is 2.23. The van der Waals surface area contributed by atoms with Crippen molar-refractivity contribution in [3.8, 4) is 28.8 Å². The predicted octanol–water partition coefficient (Wildman–Crippen LogP) is 3.12. The Morgan fingerprint density at radius 1 is 1.05 bits per heavy atom. The van der Waals surface area contributed by atoms with Crippen LogP contribution in [0.1, 0.15) is 11.3 Å². The van der Waals surface area contributed by atoms with E-state index in [0.717, 1.165) is 22.6 Å². The molecule has 0 fully saturated rings. The van der Waals surface area contributed by atoms with Gasteiger partial charge in [0.15, 0.2) is 5.69 Å². The number of methoxy groups -OCH3 is 1. The quantitative estimate of drug-likeness (QED) is 0.743. The van der Waals surface area contributed by atoms with Crippen LogP contribution >= 0.6 is 0 Å². The summed E-state index contributed by atoms with van der Waals surface area (Å²) >= 11 is 0. The van der Waals surface area contributed by atoms with Crippen LogP contribution in [0.5, 0.6) is 5.75 Å². The molecule has 3 aromatic rings. The zero-order valence-corrected chi connectivity index (χ0v) is 12.3. The van der Waals surface area contributed by atoms with Crippen LogP contribution in [0.3, 0.4) is 0 Å². The van der Waals surface area contributed by atoms with Crippen LogP contribution in [0.2, 0.25) is 0 Å². The van der Waals surface area contributed by atoms with Gasteiger partial charge < -0.3 is 4.74 Å². The van der Waals surface area contributed by atoms with Crippen molar-refractivity contribution >= 4 is 0 Å². The number of ether oxygens (including phenoxy) is 1. The molecule has 0 aliphatic carbocycles. The molecule has 2 aromatic carbocycles. The van der Waals surface area contributed by atoms with Crippen molar-refractivity contribution in [1.82, 2.24) is 15.0 Å². The van der Waals surface area contributed by atoms with Crippen LogP contribution in [0.25, 0.3) is 16.9 Å². The Labute approximate surface area is 128 Å². The van der Waals surface area contributed by atoms with Crippen molar-refractivity contribution in [3.05, 3.63) is 59.8 Å². The van der Waals surface area contributed by atoms with Crippen LogP contribution < -0.4 is 4.74 Å². The van der Waals surface area contributed by atoms with Gasteiger partial charge in [0.2, 0.25) is 0 Å². The second-order valence-electron chi connectivity index (χ2n) is 4.87. The monoisotopic (exact) mass is 290 g/mol. The molecule has 0 atom stereocenters. The lowest BCUT2D eigenvalue weighted by Gasteiger charge is -2.08. The molecule has 0 aliphatic heterocycles. The molecule has 5 nitrogen and oxygen atoms in total. The van der Waals surface area contributed by atoms with Crippen molar-refractivity contribution in [1.29, 1.82) is 5.26 Å². The highest BCUT2D eigenvalue weighted by molar-refractivity contribution is 5.67. The van der Waals surface area contributed by atoms with E-state index < -0.39 is 0 Å². The molecule has 3 rings (SSSR count). The van der Waals surface area contributed by atoms with Crippen molar-refractivity contribution in [3.63, 3.8) is 0 Å². The minimum Gasteiger partial charge on any atom is -0.497 e. The van der Waals surface area contributed by atoms with E-state index in [9.17, 15) is 5.26 Å². The average molecular weight is 290 g/mol. The Balaban J connectivity index is 2.14. The zero-order valence-electron chi connectivity index (χ0n) is 12.3. The van der Waals surface area contributed by atoms with E-state index >= 15 is 0 Å². The van der Waals surface area contributed by atoms with Crippen LogP contribution in [0.4, 0.5) is 0 Å². The maximum atomic E-state index is 9.29. The van der Waals surface area contributed by atoms with Gasteiger partial charge in [0, 0.05) is 5.56 Å². The van der Waals surface area contributed by atoms with E-state index in [0.29, 0.717) is 11.4 Å². The Morgan fingerprint density at radius 2 is 1.73 bits per heavy atom. The van der Waals surface area contributed by atoms with Gasteiger partial charge in [-0.1, -0.05) is 35.0 Å². The summed E-state index contributed by atoms with van der Waals surface area (Å²) in [7, 11) is 1.62. The first-order valence-corrected chi connectivity index (χ1v) is 6.80. The van der Waals surface area contributed by atoms with E-state index in [1.165, 1.54) is 0 Å². The molecule has 0 amide bonds. The first-order chi connectivity index (χ1) is 10.7. The summed E-state index contributed by atoms with van der Waals surface area (Å²) < 4.78 is 6.83. The summed E-state index contributed by atoms with van der Waals surface area (Å²) in [6.45, 7) is 2.02. The Bertz CT molecular complexity index is 827. The SMILES string of the molecule is COc1ccc(-n2nnc(C#N)c2-c2ccc(C)cc2)cc1. The first-order valence-electron chi connectivity index (χ1n) is 6.80. The summed E-state index contributed by atoms with van der Waals surface area (Å²) in [5.41, 5.74) is 3.88. The molecule has 1 heterocycles. The zero-order chi connectivity index (χ0) is 15.5. The molecule has 0 saturated carbocycles. The van der Waals surface area contributed by atoms with Gasteiger partial charge in [-0.05, 0) is 31.2 Å². The van der Waals surface area contributed by atoms with Gasteiger partial charge in [0.05, 0.1) is 12.8 Å². The number of aromatic nitrogens is 3. The van der Waals surface area contributed by atoms with Gasteiger partial charge in [0.1, 0.15) is 17.5 Å². The lowest BCUT2D eigenvalue weighted by Crippen LogP contribution is -2.00. The molecule has 0 unspecified atom stereocenters. The average Bonchev–Trinajstić information content (AvgIpc) is 2.99. The van der Waals surface area contributed by atoms with Crippen LogP contribution in [0, 0.1) is 18.3 Å². The highest BCUT2D eigenvalue weighted by Crippen LogP contribution is 2.26. The molecule has 0 bridgehead atoms. The first kappa shape index (κ1) is 13.8. The largest absolute Gasteiger partial charge is 0.497 e. The minimum absolute atomic E-state index is 0.305. The third kappa shape index (κ3) is 2.42. The van der Waals surface area contributed by atoms with Gasteiger partial charge in [-0.2, -0.15) is 5.26 Å². The number of hydrogen-bond acceptors (Lipinski definition) is 4. The van der Waals surface area contributed by atoms with Crippen molar-refractivity contribution in [2.75, 3.05) is 7.11 Å². The maximum absolute atomic E-state index is 9.29. The Morgan fingerprint density at radius 3 is 2.32 bits per heavy atom.